The van der Waals surface area contributed by atoms with Gasteiger partial charge in [0.05, 0.1) is 6.10 Å². The minimum Gasteiger partial charge on any atom is -0.508 e. The molecule has 2 aromatic carbocycles. The largest absolute Gasteiger partial charge is 0.508 e. The van der Waals surface area contributed by atoms with Crippen molar-refractivity contribution in [3.05, 3.63) is 71.1 Å². The molecular weight excluding hydrogens is 470 g/mol. The Labute approximate surface area is 217 Å². The lowest BCUT2D eigenvalue weighted by molar-refractivity contribution is 0.0202. The average molecular weight is 506 g/mol. The number of phenolic OH excluding ortho intramolecular Hbond substituents is 1. The van der Waals surface area contributed by atoms with Gasteiger partial charge in [-0.3, -0.25) is 9.69 Å². The van der Waals surface area contributed by atoms with E-state index in [1.165, 1.54) is 0 Å². The fraction of sp³-hybridized carbons (Fsp3) is 0.433. The monoisotopic (exact) mass is 505 g/mol. The standard InChI is InChI=1S/C30H35NO4S/c1-4-14-31-16-23(17-31)35-22-10-6-20(7-11-22)29(34)27-25-13-9-21(32)15-26(25)36-30(27)19(5-2)8-12-24-18(3)28(24)33/h5-7,9-11,13,15,18-19,23-24,28,32-33H,2,4,8,12,14,16-17H2,1,3H3. The van der Waals surface area contributed by atoms with Crippen molar-refractivity contribution in [1.29, 1.82) is 0 Å². The summed E-state index contributed by atoms with van der Waals surface area (Å²) < 4.78 is 6.97. The summed E-state index contributed by atoms with van der Waals surface area (Å²) in [5.74, 6) is 1.62. The van der Waals surface area contributed by atoms with Crippen LogP contribution in [0.2, 0.25) is 0 Å². The molecule has 1 aliphatic heterocycles. The van der Waals surface area contributed by atoms with E-state index < -0.39 is 0 Å². The number of aliphatic hydroxyl groups is 1. The van der Waals surface area contributed by atoms with Crippen LogP contribution in [0.4, 0.5) is 0 Å². The topological polar surface area (TPSA) is 70.0 Å². The molecule has 1 saturated carbocycles. The van der Waals surface area contributed by atoms with Crippen molar-refractivity contribution in [1.82, 2.24) is 4.90 Å². The Morgan fingerprint density at radius 1 is 1.25 bits per heavy atom. The third-order valence-electron chi connectivity index (χ3n) is 7.75. The fourth-order valence-electron chi connectivity index (χ4n) is 5.40. The molecule has 0 bridgehead atoms. The van der Waals surface area contributed by atoms with Gasteiger partial charge in [0.15, 0.2) is 5.78 Å². The van der Waals surface area contributed by atoms with Crippen LogP contribution < -0.4 is 4.74 Å². The van der Waals surface area contributed by atoms with E-state index in [4.69, 9.17) is 4.74 Å². The smallest absolute Gasteiger partial charge is 0.194 e. The minimum atomic E-state index is -0.216. The van der Waals surface area contributed by atoms with Gasteiger partial charge < -0.3 is 14.9 Å². The number of aliphatic hydroxyl groups excluding tert-OH is 1. The van der Waals surface area contributed by atoms with Crippen molar-refractivity contribution in [3.63, 3.8) is 0 Å². The van der Waals surface area contributed by atoms with Crippen molar-refractivity contribution >= 4 is 27.2 Å². The van der Waals surface area contributed by atoms with Gasteiger partial charge in [0.2, 0.25) is 0 Å². The SMILES string of the molecule is C=CC(CCC1C(C)C1O)c1sc2cc(O)ccc2c1C(=O)c1ccc(OC2CN(CCC)C2)cc1. The fourth-order valence-corrected chi connectivity index (χ4v) is 6.77. The summed E-state index contributed by atoms with van der Waals surface area (Å²) in [6.45, 7) is 11.3. The molecule has 0 spiro atoms. The molecule has 6 heteroatoms. The lowest BCUT2D eigenvalue weighted by Gasteiger charge is -2.38. The number of rotatable bonds is 11. The van der Waals surface area contributed by atoms with Gasteiger partial charge in [-0.05, 0) is 80.1 Å². The van der Waals surface area contributed by atoms with E-state index in [1.54, 1.807) is 23.5 Å². The minimum absolute atomic E-state index is 0.00998. The number of carbonyl (C=O) groups is 1. The molecule has 2 N–H and O–H groups in total. The van der Waals surface area contributed by atoms with Crippen molar-refractivity contribution in [3.8, 4) is 11.5 Å². The number of fused-ring (bicyclic) bond motifs is 1. The van der Waals surface area contributed by atoms with Crippen LogP contribution >= 0.6 is 11.3 Å². The van der Waals surface area contributed by atoms with Gasteiger partial charge in [0, 0.05) is 45.1 Å². The van der Waals surface area contributed by atoms with E-state index >= 15 is 0 Å². The van der Waals surface area contributed by atoms with Gasteiger partial charge in [-0.2, -0.15) is 0 Å². The highest BCUT2D eigenvalue weighted by Crippen LogP contribution is 2.46. The Hall–Kier alpha value is -2.67. The van der Waals surface area contributed by atoms with E-state index in [2.05, 4.69) is 25.3 Å². The van der Waals surface area contributed by atoms with Gasteiger partial charge in [0.1, 0.15) is 17.6 Å². The predicted molar refractivity (Wildman–Crippen MR) is 145 cm³/mol. The molecule has 2 fully saturated rings. The van der Waals surface area contributed by atoms with Crippen LogP contribution in [0.3, 0.4) is 0 Å². The molecule has 4 atom stereocenters. The number of allylic oxidation sites excluding steroid dienone is 1. The van der Waals surface area contributed by atoms with Crippen LogP contribution in [-0.4, -0.2) is 52.7 Å². The average Bonchev–Trinajstić information content (AvgIpc) is 3.24. The Morgan fingerprint density at radius 3 is 2.61 bits per heavy atom. The number of ether oxygens (including phenoxy) is 1. The number of aromatic hydroxyl groups is 1. The Kier molecular flexibility index (Phi) is 7.20. The zero-order valence-corrected chi connectivity index (χ0v) is 21.8. The van der Waals surface area contributed by atoms with Gasteiger partial charge >= 0.3 is 0 Å². The summed E-state index contributed by atoms with van der Waals surface area (Å²) in [6, 6.07) is 12.7. The second kappa shape index (κ2) is 10.4. The number of phenols is 1. The molecule has 0 radical (unpaired) electrons. The summed E-state index contributed by atoms with van der Waals surface area (Å²) in [6.07, 6.45) is 4.78. The first-order valence-corrected chi connectivity index (χ1v) is 13.8. The highest BCUT2D eigenvalue weighted by atomic mass is 32.1. The molecule has 2 aliphatic rings. The van der Waals surface area contributed by atoms with E-state index in [-0.39, 0.29) is 29.7 Å². The van der Waals surface area contributed by atoms with Crippen LogP contribution in [-0.2, 0) is 0 Å². The van der Waals surface area contributed by atoms with E-state index in [9.17, 15) is 15.0 Å². The maximum atomic E-state index is 13.8. The normalized spacial score (nSPS) is 22.8. The first-order chi connectivity index (χ1) is 17.4. The second-order valence-corrected chi connectivity index (χ2v) is 11.4. The van der Waals surface area contributed by atoms with Gasteiger partial charge in [-0.15, -0.1) is 17.9 Å². The number of likely N-dealkylation sites (tertiary alicyclic amines) is 1. The van der Waals surface area contributed by atoms with Crippen LogP contribution in [0.5, 0.6) is 11.5 Å². The molecule has 190 valence electrons. The molecule has 0 amide bonds. The Morgan fingerprint density at radius 2 is 1.97 bits per heavy atom. The third kappa shape index (κ3) is 4.95. The lowest BCUT2D eigenvalue weighted by atomic mass is 9.91. The molecular formula is C30H35NO4S. The van der Waals surface area contributed by atoms with E-state index in [1.807, 2.05) is 36.4 Å². The maximum Gasteiger partial charge on any atom is 0.194 e. The van der Waals surface area contributed by atoms with Crippen molar-refractivity contribution in [2.75, 3.05) is 19.6 Å². The van der Waals surface area contributed by atoms with E-state index in [0.717, 1.165) is 59.6 Å². The van der Waals surface area contributed by atoms with Crippen LogP contribution in [0.25, 0.3) is 10.1 Å². The Balaban J connectivity index is 1.38. The number of hydrogen-bond acceptors (Lipinski definition) is 6. The van der Waals surface area contributed by atoms with Crippen LogP contribution in [0, 0.1) is 11.8 Å². The highest BCUT2D eigenvalue weighted by Gasteiger charge is 2.44. The summed E-state index contributed by atoms with van der Waals surface area (Å²) in [7, 11) is 0. The molecule has 5 rings (SSSR count). The first-order valence-electron chi connectivity index (χ1n) is 13.0. The van der Waals surface area contributed by atoms with E-state index in [0.29, 0.717) is 23.0 Å². The zero-order chi connectivity index (χ0) is 25.4. The van der Waals surface area contributed by atoms with Gasteiger partial charge in [0.25, 0.3) is 0 Å². The van der Waals surface area contributed by atoms with Crippen LogP contribution in [0.15, 0.2) is 55.1 Å². The van der Waals surface area contributed by atoms with Crippen molar-refractivity contribution < 1.29 is 19.7 Å². The maximum absolute atomic E-state index is 13.8. The number of benzene rings is 2. The molecule has 3 aromatic rings. The summed E-state index contributed by atoms with van der Waals surface area (Å²) >= 11 is 1.55. The second-order valence-electron chi connectivity index (χ2n) is 10.3. The quantitative estimate of drug-likeness (QED) is 0.248. The highest BCUT2D eigenvalue weighted by molar-refractivity contribution is 7.19. The summed E-state index contributed by atoms with van der Waals surface area (Å²) in [4.78, 5) is 17.2. The van der Waals surface area contributed by atoms with Crippen molar-refractivity contribution in [2.45, 2.75) is 51.2 Å². The zero-order valence-electron chi connectivity index (χ0n) is 21.0. The Bertz CT molecular complexity index is 1240. The molecule has 1 saturated heterocycles. The number of thiophene rings is 1. The number of hydrogen-bond donors (Lipinski definition) is 2. The summed E-state index contributed by atoms with van der Waals surface area (Å²) in [5.41, 5.74) is 1.30. The molecule has 36 heavy (non-hydrogen) atoms. The van der Waals surface area contributed by atoms with Crippen molar-refractivity contribution in [2.24, 2.45) is 11.8 Å². The lowest BCUT2D eigenvalue weighted by Crippen LogP contribution is -2.53. The van der Waals surface area contributed by atoms with Gasteiger partial charge in [-0.1, -0.05) is 19.9 Å². The summed E-state index contributed by atoms with van der Waals surface area (Å²) in [5, 5.41) is 20.9. The molecule has 5 nitrogen and oxygen atoms in total. The third-order valence-corrected chi connectivity index (χ3v) is 9.04. The van der Waals surface area contributed by atoms with Crippen LogP contribution in [0.1, 0.15) is 59.8 Å². The number of carbonyl (C=O) groups excluding carboxylic acids is 1. The number of ketones is 1. The molecule has 4 unspecified atom stereocenters. The molecule has 1 aromatic heterocycles. The molecule has 1 aliphatic carbocycles. The van der Waals surface area contributed by atoms with Gasteiger partial charge in [-0.25, -0.2) is 0 Å². The first kappa shape index (κ1) is 25.0. The number of nitrogens with zero attached hydrogens (tertiary/aromatic N) is 1. The predicted octanol–water partition coefficient (Wildman–Crippen LogP) is 5.99. The molecule has 2 heterocycles.